The zero-order valence-electron chi connectivity index (χ0n) is 21.3. The fourth-order valence-corrected chi connectivity index (χ4v) is 4.61. The van der Waals surface area contributed by atoms with Crippen molar-refractivity contribution in [1.82, 2.24) is 0 Å². The molecular formula is C31H26N2O6. The minimum Gasteiger partial charge on any atom is -0.508 e. The largest absolute Gasteiger partial charge is 0.508 e. The van der Waals surface area contributed by atoms with E-state index < -0.39 is 23.5 Å². The lowest BCUT2D eigenvalue weighted by Crippen LogP contribution is -2.29. The van der Waals surface area contributed by atoms with E-state index in [1.165, 1.54) is 31.3 Å². The number of para-hydroxylation sites is 1. The summed E-state index contributed by atoms with van der Waals surface area (Å²) in [5.74, 6) is -1.26. The van der Waals surface area contributed by atoms with Crippen molar-refractivity contribution < 1.29 is 29.3 Å². The van der Waals surface area contributed by atoms with Crippen LogP contribution in [0.3, 0.4) is 0 Å². The molecule has 1 atom stereocenters. The van der Waals surface area contributed by atoms with Crippen molar-refractivity contribution in [2.75, 3.05) is 24.4 Å². The zero-order chi connectivity index (χ0) is 27.5. The van der Waals surface area contributed by atoms with Gasteiger partial charge in [-0.2, -0.15) is 0 Å². The number of carbonyl (C=O) groups is 2. The van der Waals surface area contributed by atoms with Gasteiger partial charge in [0.2, 0.25) is 0 Å². The van der Waals surface area contributed by atoms with Crippen LogP contribution in [0.2, 0.25) is 0 Å². The van der Waals surface area contributed by atoms with Crippen LogP contribution in [0.1, 0.15) is 17.2 Å². The quantitative estimate of drug-likeness (QED) is 0.160. The summed E-state index contributed by atoms with van der Waals surface area (Å²) >= 11 is 0. The van der Waals surface area contributed by atoms with Crippen LogP contribution in [0.25, 0.3) is 5.76 Å². The third-order valence-electron chi connectivity index (χ3n) is 6.52. The van der Waals surface area contributed by atoms with E-state index >= 15 is 0 Å². The van der Waals surface area contributed by atoms with Crippen LogP contribution in [0.4, 0.5) is 17.1 Å². The number of amides is 1. The highest BCUT2D eigenvalue weighted by molar-refractivity contribution is 6.51. The van der Waals surface area contributed by atoms with Gasteiger partial charge in [-0.1, -0.05) is 30.3 Å². The lowest BCUT2D eigenvalue weighted by Gasteiger charge is -2.26. The summed E-state index contributed by atoms with van der Waals surface area (Å²) in [6, 6.07) is 26.7. The Labute approximate surface area is 225 Å². The number of nitrogens with one attached hydrogen (secondary N) is 1. The number of hydrogen-bond donors (Lipinski definition) is 3. The molecule has 1 saturated heterocycles. The topological polar surface area (TPSA) is 108 Å². The number of aromatic hydroxyl groups is 1. The van der Waals surface area contributed by atoms with Gasteiger partial charge in [-0.05, 0) is 72.3 Å². The van der Waals surface area contributed by atoms with Gasteiger partial charge in [0.05, 0.1) is 31.4 Å². The van der Waals surface area contributed by atoms with E-state index in [0.29, 0.717) is 22.7 Å². The van der Waals surface area contributed by atoms with Crippen LogP contribution < -0.4 is 19.7 Å². The molecule has 8 heteroatoms. The van der Waals surface area contributed by atoms with Gasteiger partial charge in [0.15, 0.2) is 0 Å². The number of aliphatic hydroxyl groups is 1. The SMILES string of the molecule is COc1ccc(OC)c(/C(O)=C2\C(=O)C(=O)N(c3ccc(Nc4ccccc4)cc3)C2c2ccc(O)cc2)c1. The molecule has 4 aromatic carbocycles. The summed E-state index contributed by atoms with van der Waals surface area (Å²) in [5.41, 5.74) is 2.79. The van der Waals surface area contributed by atoms with E-state index in [4.69, 9.17) is 9.47 Å². The first-order valence-electron chi connectivity index (χ1n) is 12.2. The van der Waals surface area contributed by atoms with E-state index in [1.807, 2.05) is 30.3 Å². The fraction of sp³-hybridized carbons (Fsp3) is 0.0968. The number of rotatable bonds is 7. The Morgan fingerprint density at radius 2 is 1.49 bits per heavy atom. The average Bonchev–Trinajstić information content (AvgIpc) is 3.23. The Balaban J connectivity index is 1.62. The maximum atomic E-state index is 13.5. The second kappa shape index (κ2) is 10.6. The average molecular weight is 523 g/mol. The standard InChI is InChI=1S/C31H26N2O6/c1-38-24-16-17-26(39-2)25(18-24)29(35)27-28(19-8-14-23(34)15-9-19)33(31(37)30(27)36)22-12-10-21(11-13-22)32-20-6-4-3-5-7-20/h3-18,28,32,34-35H,1-2H3/b29-27+. The Hall–Kier alpha value is -5.24. The maximum Gasteiger partial charge on any atom is 0.300 e. The third-order valence-corrected chi connectivity index (χ3v) is 6.52. The number of ether oxygens (including phenoxy) is 2. The van der Waals surface area contributed by atoms with Gasteiger partial charge >= 0.3 is 0 Å². The van der Waals surface area contributed by atoms with Crippen LogP contribution in [0.5, 0.6) is 17.2 Å². The molecule has 1 aliphatic heterocycles. The molecule has 4 aromatic rings. The summed E-state index contributed by atoms with van der Waals surface area (Å²) in [6.45, 7) is 0. The minimum atomic E-state index is -0.963. The van der Waals surface area contributed by atoms with Crippen LogP contribution >= 0.6 is 0 Å². The van der Waals surface area contributed by atoms with Crippen molar-refractivity contribution >= 4 is 34.5 Å². The number of hydrogen-bond acceptors (Lipinski definition) is 7. The fourth-order valence-electron chi connectivity index (χ4n) is 4.61. The Morgan fingerprint density at radius 3 is 2.13 bits per heavy atom. The number of aliphatic hydroxyl groups excluding tert-OH is 1. The molecule has 1 amide bonds. The lowest BCUT2D eigenvalue weighted by molar-refractivity contribution is -0.132. The van der Waals surface area contributed by atoms with E-state index in [0.717, 1.165) is 11.4 Å². The van der Waals surface area contributed by atoms with Crippen LogP contribution in [0, 0.1) is 0 Å². The molecule has 8 nitrogen and oxygen atoms in total. The molecule has 39 heavy (non-hydrogen) atoms. The first-order valence-corrected chi connectivity index (χ1v) is 12.2. The van der Waals surface area contributed by atoms with E-state index in [2.05, 4.69) is 5.32 Å². The Bertz CT molecular complexity index is 1550. The van der Waals surface area contributed by atoms with Gasteiger partial charge in [-0.3, -0.25) is 14.5 Å². The van der Waals surface area contributed by atoms with Crippen LogP contribution in [0.15, 0.2) is 103 Å². The second-order valence-corrected chi connectivity index (χ2v) is 8.86. The summed E-state index contributed by atoms with van der Waals surface area (Å²) in [4.78, 5) is 28.3. The first-order chi connectivity index (χ1) is 18.9. The van der Waals surface area contributed by atoms with Crippen LogP contribution in [-0.2, 0) is 9.59 Å². The van der Waals surface area contributed by atoms with Crippen molar-refractivity contribution in [1.29, 1.82) is 0 Å². The van der Waals surface area contributed by atoms with E-state index in [9.17, 15) is 19.8 Å². The molecule has 196 valence electrons. The van der Waals surface area contributed by atoms with Crippen molar-refractivity contribution in [2.45, 2.75) is 6.04 Å². The van der Waals surface area contributed by atoms with Crippen molar-refractivity contribution in [3.63, 3.8) is 0 Å². The number of Topliss-reactive ketones (excluding diaryl/α,β-unsaturated/α-hetero) is 1. The number of benzene rings is 4. The Morgan fingerprint density at radius 1 is 0.821 bits per heavy atom. The van der Waals surface area contributed by atoms with Gasteiger partial charge in [0, 0.05) is 17.1 Å². The number of carbonyl (C=O) groups excluding carboxylic acids is 2. The van der Waals surface area contributed by atoms with Gasteiger partial charge in [0.25, 0.3) is 11.7 Å². The zero-order valence-corrected chi connectivity index (χ0v) is 21.3. The van der Waals surface area contributed by atoms with Gasteiger partial charge in [0.1, 0.15) is 23.0 Å². The number of phenolic OH excluding ortho intramolecular Hbond substituents is 1. The smallest absolute Gasteiger partial charge is 0.300 e. The molecule has 0 bridgehead atoms. The third kappa shape index (κ3) is 4.87. The number of nitrogens with zero attached hydrogens (tertiary/aromatic N) is 1. The molecular weight excluding hydrogens is 496 g/mol. The second-order valence-electron chi connectivity index (χ2n) is 8.86. The normalized spacial score (nSPS) is 16.3. The summed E-state index contributed by atoms with van der Waals surface area (Å²) in [5, 5.41) is 24.6. The van der Waals surface area contributed by atoms with Crippen LogP contribution in [-0.4, -0.2) is 36.1 Å². The molecule has 0 radical (unpaired) electrons. The number of anilines is 3. The molecule has 1 unspecified atom stereocenters. The molecule has 1 heterocycles. The van der Waals surface area contributed by atoms with E-state index in [-0.39, 0.29) is 16.9 Å². The summed E-state index contributed by atoms with van der Waals surface area (Å²) in [6.07, 6.45) is 0. The molecule has 1 aliphatic rings. The molecule has 0 aromatic heterocycles. The first kappa shape index (κ1) is 25.4. The Kier molecular flexibility index (Phi) is 6.93. The number of ketones is 1. The van der Waals surface area contributed by atoms with Crippen molar-refractivity contribution in [3.05, 3.63) is 114 Å². The maximum absolute atomic E-state index is 13.5. The molecule has 0 saturated carbocycles. The summed E-state index contributed by atoms with van der Waals surface area (Å²) < 4.78 is 10.7. The minimum absolute atomic E-state index is 0.0292. The highest BCUT2D eigenvalue weighted by Gasteiger charge is 2.47. The number of methoxy groups -OCH3 is 2. The highest BCUT2D eigenvalue weighted by atomic mass is 16.5. The molecule has 5 rings (SSSR count). The highest BCUT2D eigenvalue weighted by Crippen LogP contribution is 2.44. The van der Waals surface area contributed by atoms with Gasteiger partial charge in [-0.15, -0.1) is 0 Å². The predicted molar refractivity (Wildman–Crippen MR) is 149 cm³/mol. The summed E-state index contributed by atoms with van der Waals surface area (Å²) in [7, 11) is 2.93. The molecule has 0 aliphatic carbocycles. The lowest BCUT2D eigenvalue weighted by atomic mass is 9.94. The monoisotopic (exact) mass is 522 g/mol. The van der Waals surface area contributed by atoms with Gasteiger partial charge in [-0.25, -0.2) is 0 Å². The molecule has 1 fully saturated rings. The van der Waals surface area contributed by atoms with Crippen molar-refractivity contribution in [2.24, 2.45) is 0 Å². The number of phenols is 1. The predicted octanol–water partition coefficient (Wildman–Crippen LogP) is 5.78. The van der Waals surface area contributed by atoms with Gasteiger partial charge < -0.3 is 25.0 Å². The molecule has 3 N–H and O–H groups in total. The molecule has 0 spiro atoms. The van der Waals surface area contributed by atoms with E-state index in [1.54, 1.807) is 54.6 Å². The van der Waals surface area contributed by atoms with Crippen molar-refractivity contribution in [3.8, 4) is 17.2 Å².